The largest absolute Gasteiger partial charge is 0.481 e. The number of nitrogens with one attached hydrogen (secondary N) is 3. The first-order chi connectivity index (χ1) is 14.2. The monoisotopic (exact) mass is 447 g/mol. The zero-order valence-corrected chi connectivity index (χ0v) is 16.5. The second-order valence-electron chi connectivity index (χ2n) is 6.50. The van der Waals surface area contributed by atoms with E-state index in [0.29, 0.717) is 0 Å². The van der Waals surface area contributed by atoms with Crippen molar-refractivity contribution in [1.29, 1.82) is 0 Å². The average Bonchev–Trinajstić information content (AvgIpc) is 2.62. The number of amides is 4. The third kappa shape index (κ3) is 11.1. The molecule has 0 spiro atoms. The minimum atomic E-state index is -1.58. The predicted octanol–water partition coefficient (Wildman–Crippen LogP) is -3.91. The number of hydrogen-bond acceptors (Lipinski definition) is 8. The summed E-state index contributed by atoms with van der Waals surface area (Å²) in [6.45, 7) is 1.17. The zero-order valence-electron chi connectivity index (χ0n) is 16.5. The fraction of sp³-hybridized carbons (Fsp3) is 0.562. The molecule has 0 radical (unpaired) electrons. The molecule has 0 bridgehead atoms. The van der Waals surface area contributed by atoms with Gasteiger partial charge in [0, 0.05) is 6.42 Å². The standard InChI is InChI=1S/C16H25N5O10/c1-6(13(27)20-8(16(30)31)2-3-11(23)24)19-15(29)9(5-10(18)22)21-14(28)7(17)4-12(25)26/h6-9H,2-5,17H2,1H3,(H2,18,22)(H,19,29)(H,20,27)(H,21,28)(H,23,24)(H,25,26)(H,30,31). The summed E-state index contributed by atoms with van der Waals surface area (Å²) in [4.78, 5) is 79.9. The molecule has 0 aromatic carbocycles. The van der Waals surface area contributed by atoms with Gasteiger partial charge in [-0.15, -0.1) is 0 Å². The number of nitrogens with two attached hydrogens (primary N) is 2. The minimum absolute atomic E-state index is 0.404. The Morgan fingerprint density at radius 2 is 1.32 bits per heavy atom. The van der Waals surface area contributed by atoms with E-state index in [-0.39, 0.29) is 0 Å². The van der Waals surface area contributed by atoms with Crippen molar-refractivity contribution in [2.45, 2.75) is 56.8 Å². The van der Waals surface area contributed by atoms with Gasteiger partial charge in [0.05, 0.1) is 18.9 Å². The number of carboxylic acid groups (broad SMARTS) is 3. The fourth-order valence-corrected chi connectivity index (χ4v) is 2.17. The van der Waals surface area contributed by atoms with Gasteiger partial charge in [0.2, 0.25) is 23.6 Å². The van der Waals surface area contributed by atoms with Gasteiger partial charge in [-0.2, -0.15) is 0 Å². The Morgan fingerprint density at radius 3 is 1.77 bits per heavy atom. The Kier molecular flexibility index (Phi) is 11.2. The van der Waals surface area contributed by atoms with Crippen molar-refractivity contribution >= 4 is 41.5 Å². The van der Waals surface area contributed by atoms with Gasteiger partial charge in [-0.3, -0.25) is 28.8 Å². The molecule has 0 fully saturated rings. The van der Waals surface area contributed by atoms with Crippen LogP contribution in [0.1, 0.15) is 32.6 Å². The lowest BCUT2D eigenvalue weighted by Gasteiger charge is -2.22. The Hall–Kier alpha value is -3.75. The topological polar surface area (TPSA) is 268 Å². The first-order valence-corrected chi connectivity index (χ1v) is 8.86. The molecule has 15 nitrogen and oxygen atoms in total. The van der Waals surface area contributed by atoms with Gasteiger partial charge in [0.1, 0.15) is 18.1 Å². The highest BCUT2D eigenvalue weighted by Gasteiger charge is 2.29. The van der Waals surface area contributed by atoms with Crippen LogP contribution >= 0.6 is 0 Å². The molecule has 0 saturated carbocycles. The molecule has 31 heavy (non-hydrogen) atoms. The van der Waals surface area contributed by atoms with Gasteiger partial charge < -0.3 is 42.7 Å². The van der Waals surface area contributed by atoms with Gasteiger partial charge in [-0.05, 0) is 13.3 Å². The van der Waals surface area contributed by atoms with Crippen LogP contribution in [-0.2, 0) is 33.6 Å². The number of hydrogen-bond donors (Lipinski definition) is 8. The molecule has 0 saturated heterocycles. The summed E-state index contributed by atoms with van der Waals surface area (Å²) in [5.41, 5.74) is 10.4. The highest BCUT2D eigenvalue weighted by molar-refractivity contribution is 5.96. The Bertz CT molecular complexity index is 740. The van der Waals surface area contributed by atoms with Crippen molar-refractivity contribution in [3.8, 4) is 0 Å². The van der Waals surface area contributed by atoms with Crippen LogP contribution in [0, 0.1) is 0 Å². The van der Waals surface area contributed by atoms with E-state index in [1.807, 2.05) is 0 Å². The Labute approximate surface area is 175 Å². The molecule has 0 aliphatic rings. The van der Waals surface area contributed by atoms with E-state index >= 15 is 0 Å². The van der Waals surface area contributed by atoms with E-state index in [1.165, 1.54) is 6.92 Å². The van der Waals surface area contributed by atoms with E-state index in [0.717, 1.165) is 0 Å². The van der Waals surface area contributed by atoms with Gasteiger partial charge in [0.15, 0.2) is 0 Å². The van der Waals surface area contributed by atoms with Crippen molar-refractivity contribution in [2.24, 2.45) is 11.5 Å². The molecule has 4 amide bonds. The minimum Gasteiger partial charge on any atom is -0.481 e. The first-order valence-electron chi connectivity index (χ1n) is 8.86. The smallest absolute Gasteiger partial charge is 0.326 e. The number of aliphatic carboxylic acids is 3. The summed E-state index contributed by atoms with van der Waals surface area (Å²) >= 11 is 0. The van der Waals surface area contributed by atoms with Crippen molar-refractivity contribution in [3.63, 3.8) is 0 Å². The SMILES string of the molecule is CC(NC(=O)C(CC(N)=O)NC(=O)C(N)CC(=O)O)C(=O)NC(CCC(=O)O)C(=O)O. The molecule has 0 aromatic rings. The molecule has 15 heteroatoms. The molecule has 0 heterocycles. The molecular formula is C16H25N5O10. The van der Waals surface area contributed by atoms with Crippen LogP contribution < -0.4 is 27.4 Å². The second-order valence-corrected chi connectivity index (χ2v) is 6.50. The highest BCUT2D eigenvalue weighted by atomic mass is 16.4. The van der Waals surface area contributed by atoms with Crippen LogP contribution in [0.15, 0.2) is 0 Å². The van der Waals surface area contributed by atoms with E-state index < -0.39 is 91.4 Å². The average molecular weight is 447 g/mol. The Morgan fingerprint density at radius 1 is 0.774 bits per heavy atom. The third-order valence-electron chi connectivity index (χ3n) is 3.78. The third-order valence-corrected chi connectivity index (χ3v) is 3.78. The quantitative estimate of drug-likeness (QED) is 0.127. The maximum absolute atomic E-state index is 12.3. The summed E-state index contributed by atoms with van der Waals surface area (Å²) in [6.07, 6.45) is -2.37. The van der Waals surface area contributed by atoms with Crippen LogP contribution in [0.5, 0.6) is 0 Å². The molecule has 10 N–H and O–H groups in total. The lowest BCUT2D eigenvalue weighted by molar-refractivity contribution is -0.143. The first kappa shape index (κ1) is 27.2. The fourth-order valence-electron chi connectivity index (χ4n) is 2.17. The Balaban J connectivity index is 5.09. The van der Waals surface area contributed by atoms with Crippen molar-refractivity contribution in [3.05, 3.63) is 0 Å². The van der Waals surface area contributed by atoms with Crippen LogP contribution in [0.25, 0.3) is 0 Å². The number of carbonyl (C=O) groups is 7. The van der Waals surface area contributed by atoms with Crippen molar-refractivity contribution < 1.29 is 48.9 Å². The van der Waals surface area contributed by atoms with E-state index in [4.69, 9.17) is 26.8 Å². The van der Waals surface area contributed by atoms with Gasteiger partial charge in [-0.1, -0.05) is 0 Å². The summed E-state index contributed by atoms with van der Waals surface area (Å²) in [5.74, 6) is -8.20. The van der Waals surface area contributed by atoms with Crippen LogP contribution in [-0.4, -0.2) is 81.0 Å². The van der Waals surface area contributed by atoms with Crippen LogP contribution in [0.4, 0.5) is 0 Å². The summed E-state index contributed by atoms with van der Waals surface area (Å²) in [7, 11) is 0. The molecule has 4 atom stereocenters. The van der Waals surface area contributed by atoms with Crippen LogP contribution in [0.3, 0.4) is 0 Å². The zero-order chi connectivity index (χ0) is 24.3. The number of rotatable bonds is 14. The second kappa shape index (κ2) is 12.7. The maximum atomic E-state index is 12.3. The predicted molar refractivity (Wildman–Crippen MR) is 100 cm³/mol. The van der Waals surface area contributed by atoms with E-state index in [1.54, 1.807) is 0 Å². The molecule has 174 valence electrons. The van der Waals surface area contributed by atoms with Crippen LogP contribution in [0.2, 0.25) is 0 Å². The normalized spacial score (nSPS) is 14.3. The molecule has 4 unspecified atom stereocenters. The number of carboxylic acids is 3. The van der Waals surface area contributed by atoms with Gasteiger partial charge in [-0.25, -0.2) is 4.79 Å². The molecular weight excluding hydrogens is 422 g/mol. The van der Waals surface area contributed by atoms with Gasteiger partial charge >= 0.3 is 17.9 Å². The van der Waals surface area contributed by atoms with Gasteiger partial charge in [0.25, 0.3) is 0 Å². The van der Waals surface area contributed by atoms with E-state index in [9.17, 15) is 33.6 Å². The van der Waals surface area contributed by atoms with Crippen molar-refractivity contribution in [1.82, 2.24) is 16.0 Å². The summed E-state index contributed by atoms with van der Waals surface area (Å²) in [5, 5.41) is 32.6. The van der Waals surface area contributed by atoms with E-state index in [2.05, 4.69) is 16.0 Å². The summed E-state index contributed by atoms with van der Waals surface area (Å²) in [6, 6.07) is -5.98. The highest BCUT2D eigenvalue weighted by Crippen LogP contribution is 2.01. The lowest BCUT2D eigenvalue weighted by Crippen LogP contribution is -2.57. The molecule has 0 aliphatic carbocycles. The molecule has 0 aliphatic heterocycles. The maximum Gasteiger partial charge on any atom is 0.326 e. The number of carbonyl (C=O) groups excluding carboxylic acids is 4. The van der Waals surface area contributed by atoms with Crippen molar-refractivity contribution in [2.75, 3.05) is 0 Å². The number of primary amides is 1. The molecule has 0 rings (SSSR count). The summed E-state index contributed by atoms with van der Waals surface area (Å²) < 4.78 is 0. The lowest BCUT2D eigenvalue weighted by atomic mass is 10.1. The molecule has 0 aromatic heterocycles.